The lowest BCUT2D eigenvalue weighted by Gasteiger charge is -2.45. The second kappa shape index (κ2) is 4.07. The SMILES string of the molecule is CC(C)[N+]1(C(C)(C)C)N=C(C=O)C=C1C(=O)[O-]. The number of aldehydes is 1. The fraction of sp³-hybridized carbons (Fsp3) is 0.583. The van der Waals surface area contributed by atoms with Crippen molar-refractivity contribution in [2.75, 3.05) is 0 Å². The normalized spacial score (nSPS) is 24.6. The van der Waals surface area contributed by atoms with Crippen LogP contribution in [0.3, 0.4) is 0 Å². The van der Waals surface area contributed by atoms with Crippen LogP contribution in [0, 0.1) is 0 Å². The third-order valence-corrected chi connectivity index (χ3v) is 3.03. The first-order chi connectivity index (χ1) is 7.66. The van der Waals surface area contributed by atoms with Gasteiger partial charge in [0.1, 0.15) is 17.6 Å². The molecule has 0 amide bonds. The molecule has 0 radical (unpaired) electrons. The molecule has 0 aromatic heterocycles. The minimum atomic E-state index is -1.28. The van der Waals surface area contributed by atoms with E-state index in [-0.39, 0.29) is 22.0 Å². The third kappa shape index (κ3) is 1.91. The van der Waals surface area contributed by atoms with E-state index < -0.39 is 11.5 Å². The summed E-state index contributed by atoms with van der Waals surface area (Å²) in [7, 11) is 0. The van der Waals surface area contributed by atoms with Gasteiger partial charge in [0.15, 0.2) is 17.7 Å². The smallest absolute Gasteiger partial charge is 0.185 e. The number of nitrogens with zero attached hydrogens (tertiary/aromatic N) is 2. The molecule has 1 unspecified atom stereocenters. The van der Waals surface area contributed by atoms with E-state index in [2.05, 4.69) is 5.10 Å². The van der Waals surface area contributed by atoms with Gasteiger partial charge in [0.05, 0.1) is 0 Å². The maximum Gasteiger partial charge on any atom is 0.185 e. The molecule has 94 valence electrons. The van der Waals surface area contributed by atoms with Gasteiger partial charge in [-0.1, -0.05) is 5.10 Å². The molecule has 5 heteroatoms. The molecule has 0 saturated carbocycles. The summed E-state index contributed by atoms with van der Waals surface area (Å²) in [6.07, 6.45) is 1.87. The van der Waals surface area contributed by atoms with Gasteiger partial charge in [0.2, 0.25) is 0 Å². The highest BCUT2D eigenvalue weighted by Crippen LogP contribution is 2.38. The van der Waals surface area contributed by atoms with Crippen molar-refractivity contribution in [2.45, 2.75) is 46.2 Å². The molecule has 0 bridgehead atoms. The zero-order chi connectivity index (χ0) is 13.4. The average Bonchev–Trinajstić information content (AvgIpc) is 2.56. The number of allylic oxidation sites excluding steroid dienone is 1. The summed E-state index contributed by atoms with van der Waals surface area (Å²) in [4.78, 5) is 22.1. The third-order valence-electron chi connectivity index (χ3n) is 3.03. The van der Waals surface area contributed by atoms with Crippen LogP contribution in [0.2, 0.25) is 0 Å². The maximum atomic E-state index is 11.2. The molecular weight excluding hydrogens is 220 g/mol. The lowest BCUT2D eigenvalue weighted by molar-refractivity contribution is -0.957. The van der Waals surface area contributed by atoms with E-state index in [1.807, 2.05) is 34.6 Å². The molecule has 1 aliphatic rings. The molecule has 1 atom stereocenters. The minimum absolute atomic E-state index is 0.0367. The Balaban J connectivity index is 3.50. The van der Waals surface area contributed by atoms with E-state index in [0.29, 0.717) is 6.29 Å². The average molecular weight is 238 g/mol. The number of aliphatic carboxylic acids is 1. The standard InChI is InChI=1S/C12H18N2O3/c1-8(2)14(12(3,4)5)10(11(16)17)6-9(7-15)13-14/h6-8H,1-5H3. The summed E-state index contributed by atoms with van der Waals surface area (Å²) in [6, 6.07) is -0.100. The van der Waals surface area contributed by atoms with Crippen molar-refractivity contribution < 1.29 is 19.3 Å². The summed E-state index contributed by atoms with van der Waals surface area (Å²) in [5, 5.41) is 15.5. The van der Waals surface area contributed by atoms with Crippen LogP contribution in [0.5, 0.6) is 0 Å². The predicted octanol–water partition coefficient (Wildman–Crippen LogP) is 0.212. The Morgan fingerprint density at radius 2 is 2.00 bits per heavy atom. The fourth-order valence-electron chi connectivity index (χ4n) is 2.44. The molecule has 1 aliphatic heterocycles. The lowest BCUT2D eigenvalue weighted by atomic mass is 10.0. The molecular formula is C12H18N2O3. The number of hydrogen-bond donors (Lipinski definition) is 0. The van der Waals surface area contributed by atoms with Crippen LogP contribution in [0.25, 0.3) is 0 Å². The topological polar surface area (TPSA) is 69.6 Å². The zero-order valence-electron chi connectivity index (χ0n) is 10.9. The van der Waals surface area contributed by atoms with Crippen molar-refractivity contribution in [3.8, 4) is 0 Å². The van der Waals surface area contributed by atoms with Gasteiger partial charge in [-0.3, -0.25) is 4.79 Å². The van der Waals surface area contributed by atoms with Gasteiger partial charge in [-0.05, 0) is 34.6 Å². The Bertz CT molecular complexity index is 416. The Kier molecular flexibility index (Phi) is 3.25. The molecule has 0 spiro atoms. The second-order valence-corrected chi connectivity index (χ2v) is 5.41. The Labute approximate surface area is 101 Å². The van der Waals surface area contributed by atoms with Gasteiger partial charge in [-0.2, -0.15) is 4.59 Å². The molecule has 0 aliphatic carbocycles. The van der Waals surface area contributed by atoms with Gasteiger partial charge in [0, 0.05) is 6.08 Å². The van der Waals surface area contributed by atoms with Gasteiger partial charge in [0.25, 0.3) is 0 Å². The Morgan fingerprint density at radius 3 is 2.24 bits per heavy atom. The van der Waals surface area contributed by atoms with Crippen molar-refractivity contribution >= 4 is 18.0 Å². The van der Waals surface area contributed by atoms with Crippen LogP contribution in [0.15, 0.2) is 16.9 Å². The van der Waals surface area contributed by atoms with Gasteiger partial charge in [-0.25, -0.2) is 0 Å². The Hall–Kier alpha value is -1.49. The van der Waals surface area contributed by atoms with Gasteiger partial charge < -0.3 is 9.90 Å². The molecule has 0 saturated heterocycles. The lowest BCUT2D eigenvalue weighted by Crippen LogP contribution is -2.61. The van der Waals surface area contributed by atoms with E-state index in [1.54, 1.807) is 0 Å². The quantitative estimate of drug-likeness (QED) is 0.521. The fourth-order valence-corrected chi connectivity index (χ4v) is 2.44. The number of hydrogen-bond acceptors (Lipinski definition) is 4. The molecule has 0 N–H and O–H groups in total. The van der Waals surface area contributed by atoms with Crippen LogP contribution in [-0.4, -0.2) is 34.1 Å². The summed E-state index contributed by atoms with van der Waals surface area (Å²) >= 11 is 0. The molecule has 17 heavy (non-hydrogen) atoms. The van der Waals surface area contributed by atoms with Crippen molar-refractivity contribution in [3.63, 3.8) is 0 Å². The maximum absolute atomic E-state index is 11.2. The van der Waals surface area contributed by atoms with Crippen LogP contribution in [0.1, 0.15) is 34.6 Å². The Morgan fingerprint density at radius 1 is 1.47 bits per heavy atom. The van der Waals surface area contributed by atoms with E-state index in [1.165, 1.54) is 6.08 Å². The highest BCUT2D eigenvalue weighted by Gasteiger charge is 2.51. The number of carbonyl (C=O) groups is 2. The molecule has 0 fully saturated rings. The van der Waals surface area contributed by atoms with Crippen LogP contribution < -0.4 is 5.11 Å². The van der Waals surface area contributed by atoms with Crippen molar-refractivity contribution in [3.05, 3.63) is 11.8 Å². The number of carboxylic acid groups (broad SMARTS) is 1. The molecule has 0 aromatic carbocycles. The van der Waals surface area contributed by atoms with E-state index in [0.717, 1.165) is 0 Å². The van der Waals surface area contributed by atoms with Crippen LogP contribution in [-0.2, 0) is 9.59 Å². The first-order valence-corrected chi connectivity index (χ1v) is 5.54. The summed E-state index contributed by atoms with van der Waals surface area (Å²) in [5.41, 5.74) is -0.285. The number of quaternary nitrogens is 1. The first-order valence-electron chi connectivity index (χ1n) is 5.54. The van der Waals surface area contributed by atoms with E-state index in [9.17, 15) is 14.7 Å². The number of carboxylic acids is 1. The van der Waals surface area contributed by atoms with Gasteiger partial charge >= 0.3 is 0 Å². The van der Waals surface area contributed by atoms with E-state index >= 15 is 0 Å². The van der Waals surface area contributed by atoms with Crippen LogP contribution in [0.4, 0.5) is 0 Å². The molecule has 5 nitrogen and oxygen atoms in total. The number of carbonyl (C=O) groups excluding carboxylic acids is 2. The summed E-state index contributed by atoms with van der Waals surface area (Å²) in [6.45, 7) is 9.42. The van der Waals surface area contributed by atoms with Crippen LogP contribution >= 0.6 is 0 Å². The monoisotopic (exact) mass is 238 g/mol. The predicted molar refractivity (Wildman–Crippen MR) is 61.7 cm³/mol. The highest BCUT2D eigenvalue weighted by molar-refractivity contribution is 6.34. The second-order valence-electron chi connectivity index (χ2n) is 5.41. The van der Waals surface area contributed by atoms with Crippen molar-refractivity contribution in [1.29, 1.82) is 0 Å². The summed E-state index contributed by atoms with van der Waals surface area (Å²) < 4.78 is -0.122. The van der Waals surface area contributed by atoms with Gasteiger partial charge in [-0.15, -0.1) is 0 Å². The number of rotatable bonds is 3. The highest BCUT2D eigenvalue weighted by atomic mass is 16.4. The zero-order valence-corrected chi connectivity index (χ0v) is 10.9. The molecule has 1 rings (SSSR count). The minimum Gasteiger partial charge on any atom is -0.540 e. The molecule has 1 heterocycles. The van der Waals surface area contributed by atoms with E-state index in [4.69, 9.17) is 0 Å². The summed E-state index contributed by atoms with van der Waals surface area (Å²) in [5.74, 6) is -1.28. The van der Waals surface area contributed by atoms with Crippen molar-refractivity contribution in [1.82, 2.24) is 0 Å². The largest absolute Gasteiger partial charge is 0.540 e. The van der Waals surface area contributed by atoms with Crippen molar-refractivity contribution in [2.24, 2.45) is 5.10 Å². The first kappa shape index (κ1) is 13.6. The molecule has 0 aromatic rings.